The topological polar surface area (TPSA) is 75.4 Å². The van der Waals surface area contributed by atoms with Gasteiger partial charge in [-0.1, -0.05) is 45.4 Å². The van der Waals surface area contributed by atoms with Crippen LogP contribution in [0.1, 0.15) is 64.7 Å². The van der Waals surface area contributed by atoms with Crippen LogP contribution < -0.4 is 10.5 Å². The quantitative estimate of drug-likeness (QED) is 0.606. The molecule has 0 saturated carbocycles. The van der Waals surface area contributed by atoms with E-state index in [0.717, 1.165) is 32.1 Å². The Hall–Kier alpha value is -0.170. The minimum absolute atomic E-state index is 0.0224. The molecule has 0 spiro atoms. The van der Waals surface area contributed by atoms with Crippen molar-refractivity contribution in [3.05, 3.63) is 0 Å². The Balaban J connectivity index is 2.26. The number of nitrogens with one attached hydrogen (secondary N) is 1. The molecule has 0 aromatic heterocycles. The van der Waals surface area contributed by atoms with Crippen molar-refractivity contribution in [2.75, 3.05) is 19.6 Å². The minimum Gasteiger partial charge on any atom is -0.329 e. The van der Waals surface area contributed by atoms with Crippen LogP contribution in [0.4, 0.5) is 0 Å². The van der Waals surface area contributed by atoms with E-state index in [1.807, 2.05) is 0 Å². The van der Waals surface area contributed by atoms with Crippen molar-refractivity contribution in [3.63, 3.8) is 0 Å². The number of unbranched alkanes of at least 4 members (excludes halogenated alkanes) is 5. The van der Waals surface area contributed by atoms with E-state index in [4.69, 9.17) is 5.73 Å². The predicted octanol–water partition coefficient (Wildman–Crippen LogP) is 1.99. The molecule has 20 heavy (non-hydrogen) atoms. The van der Waals surface area contributed by atoms with Crippen LogP contribution in [-0.2, 0) is 10.2 Å². The van der Waals surface area contributed by atoms with E-state index in [1.54, 1.807) is 4.31 Å². The Morgan fingerprint density at radius 1 is 1.15 bits per heavy atom. The second-order valence-electron chi connectivity index (χ2n) is 5.66. The molecule has 6 heteroatoms. The molecule has 1 atom stereocenters. The molecule has 1 aliphatic rings. The molecule has 0 amide bonds. The van der Waals surface area contributed by atoms with Crippen molar-refractivity contribution in [1.29, 1.82) is 0 Å². The summed E-state index contributed by atoms with van der Waals surface area (Å²) in [7, 11) is -3.34. The smallest absolute Gasteiger partial charge is 0.279 e. The molecule has 0 bridgehead atoms. The van der Waals surface area contributed by atoms with Crippen molar-refractivity contribution in [2.24, 2.45) is 5.73 Å². The Bertz CT molecular complexity index is 346. The van der Waals surface area contributed by atoms with Gasteiger partial charge >= 0.3 is 0 Å². The Morgan fingerprint density at radius 2 is 1.85 bits per heavy atom. The summed E-state index contributed by atoms with van der Waals surface area (Å²) in [5.41, 5.74) is 5.68. The second kappa shape index (κ2) is 9.71. The maximum atomic E-state index is 12.2. The van der Waals surface area contributed by atoms with E-state index in [1.165, 1.54) is 25.7 Å². The first-order valence-electron chi connectivity index (χ1n) is 8.08. The summed E-state index contributed by atoms with van der Waals surface area (Å²) in [6, 6.07) is -0.0224. The van der Waals surface area contributed by atoms with Crippen molar-refractivity contribution < 1.29 is 8.42 Å². The van der Waals surface area contributed by atoms with Gasteiger partial charge in [0, 0.05) is 25.7 Å². The largest absolute Gasteiger partial charge is 0.329 e. The van der Waals surface area contributed by atoms with Crippen molar-refractivity contribution >= 4 is 10.2 Å². The molecule has 0 aliphatic carbocycles. The maximum Gasteiger partial charge on any atom is 0.279 e. The van der Waals surface area contributed by atoms with Crippen LogP contribution in [0.2, 0.25) is 0 Å². The van der Waals surface area contributed by atoms with E-state index < -0.39 is 10.2 Å². The summed E-state index contributed by atoms with van der Waals surface area (Å²) < 4.78 is 28.8. The lowest BCUT2D eigenvalue weighted by atomic mass is 10.1. The van der Waals surface area contributed by atoms with E-state index in [0.29, 0.717) is 19.6 Å². The lowest BCUT2D eigenvalue weighted by molar-refractivity contribution is 0.254. The third-order valence-electron chi connectivity index (χ3n) is 3.97. The molecule has 1 aliphatic heterocycles. The highest BCUT2D eigenvalue weighted by atomic mass is 32.2. The molecule has 1 rings (SSSR count). The molecule has 0 aromatic carbocycles. The molecule has 1 fully saturated rings. The van der Waals surface area contributed by atoms with Crippen LogP contribution in [0.5, 0.6) is 0 Å². The zero-order chi connectivity index (χ0) is 14.8. The molecule has 1 unspecified atom stereocenters. The van der Waals surface area contributed by atoms with Crippen LogP contribution in [0.3, 0.4) is 0 Å². The predicted molar refractivity (Wildman–Crippen MR) is 83.7 cm³/mol. The summed E-state index contributed by atoms with van der Waals surface area (Å²) in [5.74, 6) is 0. The van der Waals surface area contributed by atoms with Crippen molar-refractivity contribution in [1.82, 2.24) is 9.03 Å². The van der Waals surface area contributed by atoms with E-state index >= 15 is 0 Å². The molecule has 120 valence electrons. The Morgan fingerprint density at radius 3 is 2.55 bits per heavy atom. The van der Waals surface area contributed by atoms with Crippen molar-refractivity contribution in [2.45, 2.75) is 70.8 Å². The minimum atomic E-state index is -3.34. The van der Waals surface area contributed by atoms with Gasteiger partial charge in [0.1, 0.15) is 0 Å². The summed E-state index contributed by atoms with van der Waals surface area (Å²) in [6.07, 6.45) is 9.89. The summed E-state index contributed by atoms with van der Waals surface area (Å²) in [5, 5.41) is 0. The molecule has 0 radical (unpaired) electrons. The first kappa shape index (κ1) is 17.9. The van der Waals surface area contributed by atoms with Gasteiger partial charge in [0.15, 0.2) is 0 Å². The van der Waals surface area contributed by atoms with Gasteiger partial charge in [0.05, 0.1) is 0 Å². The third kappa shape index (κ3) is 6.08. The highest BCUT2D eigenvalue weighted by molar-refractivity contribution is 7.87. The normalized spacial score (nSPS) is 21.2. The molecular formula is C14H31N3O2S. The molecule has 1 saturated heterocycles. The van der Waals surface area contributed by atoms with Gasteiger partial charge in [0.25, 0.3) is 10.2 Å². The molecule has 3 N–H and O–H groups in total. The van der Waals surface area contributed by atoms with Crippen LogP contribution in [0.15, 0.2) is 0 Å². The first-order chi connectivity index (χ1) is 9.61. The molecule has 0 aromatic rings. The number of nitrogens with zero attached hydrogens (tertiary/aromatic N) is 1. The van der Waals surface area contributed by atoms with E-state index in [2.05, 4.69) is 11.6 Å². The molecule has 1 heterocycles. The van der Waals surface area contributed by atoms with Gasteiger partial charge in [-0.05, 0) is 19.3 Å². The van der Waals surface area contributed by atoms with Crippen LogP contribution >= 0.6 is 0 Å². The van der Waals surface area contributed by atoms with Gasteiger partial charge in [0.2, 0.25) is 0 Å². The van der Waals surface area contributed by atoms with Gasteiger partial charge in [-0.2, -0.15) is 12.7 Å². The zero-order valence-corrected chi connectivity index (χ0v) is 13.6. The van der Waals surface area contributed by atoms with Gasteiger partial charge in [-0.15, -0.1) is 0 Å². The monoisotopic (exact) mass is 305 g/mol. The van der Waals surface area contributed by atoms with E-state index in [9.17, 15) is 8.42 Å². The number of nitrogens with two attached hydrogens (primary N) is 1. The van der Waals surface area contributed by atoms with E-state index in [-0.39, 0.29) is 6.04 Å². The number of hydrogen-bond donors (Lipinski definition) is 2. The third-order valence-corrected chi connectivity index (χ3v) is 5.64. The molecule has 5 nitrogen and oxygen atoms in total. The number of rotatable bonds is 10. The Kier molecular flexibility index (Phi) is 8.68. The maximum absolute atomic E-state index is 12.2. The zero-order valence-electron chi connectivity index (χ0n) is 12.8. The van der Waals surface area contributed by atoms with Crippen LogP contribution in [0, 0.1) is 0 Å². The Labute approximate surface area is 124 Å². The summed E-state index contributed by atoms with van der Waals surface area (Å²) in [4.78, 5) is 0. The highest BCUT2D eigenvalue weighted by Gasteiger charge is 2.30. The number of piperidine rings is 1. The highest BCUT2D eigenvalue weighted by Crippen LogP contribution is 2.18. The van der Waals surface area contributed by atoms with Gasteiger partial charge in [-0.3, -0.25) is 0 Å². The van der Waals surface area contributed by atoms with Crippen molar-refractivity contribution in [3.8, 4) is 0 Å². The van der Waals surface area contributed by atoms with Gasteiger partial charge < -0.3 is 5.73 Å². The van der Waals surface area contributed by atoms with Gasteiger partial charge in [-0.25, -0.2) is 4.72 Å². The first-order valence-corrected chi connectivity index (χ1v) is 9.52. The summed E-state index contributed by atoms with van der Waals surface area (Å²) in [6.45, 7) is 3.76. The number of hydrogen-bond acceptors (Lipinski definition) is 3. The fourth-order valence-electron chi connectivity index (χ4n) is 2.72. The summed E-state index contributed by atoms with van der Waals surface area (Å²) >= 11 is 0. The second-order valence-corrected chi connectivity index (χ2v) is 7.37. The lowest BCUT2D eigenvalue weighted by Crippen LogP contribution is -2.51. The fraction of sp³-hybridized carbons (Fsp3) is 1.00. The lowest BCUT2D eigenvalue weighted by Gasteiger charge is -2.33. The average molecular weight is 305 g/mol. The fourth-order valence-corrected chi connectivity index (χ4v) is 4.24. The molecular weight excluding hydrogens is 274 g/mol. The van der Waals surface area contributed by atoms with Crippen LogP contribution in [0.25, 0.3) is 0 Å². The average Bonchev–Trinajstić information content (AvgIpc) is 2.46. The standard InChI is InChI=1S/C14H31N3O2S/c1-2-3-4-5-6-8-11-16-20(18,19)17-12-9-7-10-14(17)13-15/h14,16H,2-13,15H2,1H3. The van der Waals surface area contributed by atoms with Crippen LogP contribution in [-0.4, -0.2) is 38.4 Å². The SMILES string of the molecule is CCCCCCCCNS(=O)(=O)N1CCCCC1CN.